The Kier molecular flexibility index (Phi) is 59.1. The molecule has 0 spiro atoms. The third kappa shape index (κ3) is 58.9. The fraction of sp³-hybridized carbons (Fsp3) is 0.923. The van der Waals surface area contributed by atoms with Crippen molar-refractivity contribution in [3.8, 4) is 0 Å². The molecule has 0 N–H and O–H groups in total. The van der Waals surface area contributed by atoms with Gasteiger partial charge in [0, 0.05) is 19.3 Å². The van der Waals surface area contributed by atoms with Gasteiger partial charge in [-0.3, -0.25) is 14.4 Å². The fourth-order valence-corrected chi connectivity index (χ4v) is 9.91. The van der Waals surface area contributed by atoms with Gasteiger partial charge in [-0.15, -0.1) is 0 Å². The van der Waals surface area contributed by atoms with E-state index in [1.54, 1.807) is 0 Å². The van der Waals surface area contributed by atoms with Crippen molar-refractivity contribution in [3.63, 3.8) is 0 Å². The van der Waals surface area contributed by atoms with Gasteiger partial charge in [0.05, 0.1) is 0 Å². The third-order valence-corrected chi connectivity index (χ3v) is 14.8. The Balaban J connectivity index is 4.16. The smallest absolute Gasteiger partial charge is 0.306 e. The molecule has 1 atom stereocenters. The molecular formula is C65H124O6. The minimum Gasteiger partial charge on any atom is -0.462 e. The van der Waals surface area contributed by atoms with Crippen LogP contribution >= 0.6 is 0 Å². The predicted octanol–water partition coefficient (Wildman–Crippen LogP) is 21.7. The number of allylic oxidation sites excluding steroid dienone is 2. The normalized spacial score (nSPS) is 12.0. The molecule has 0 rings (SSSR count). The number of carbonyl (C=O) groups is 3. The highest BCUT2D eigenvalue weighted by Crippen LogP contribution is 2.18. The largest absolute Gasteiger partial charge is 0.462 e. The zero-order chi connectivity index (χ0) is 51.4. The summed E-state index contributed by atoms with van der Waals surface area (Å²) >= 11 is 0. The van der Waals surface area contributed by atoms with Crippen LogP contribution in [0.3, 0.4) is 0 Å². The van der Waals surface area contributed by atoms with Crippen LogP contribution in [0.1, 0.15) is 367 Å². The minimum atomic E-state index is -0.769. The van der Waals surface area contributed by atoms with Crippen LogP contribution in [0.25, 0.3) is 0 Å². The summed E-state index contributed by atoms with van der Waals surface area (Å²) in [5.41, 5.74) is 0. The summed E-state index contributed by atoms with van der Waals surface area (Å²) in [4.78, 5) is 38.2. The number of ether oxygens (including phenoxy) is 3. The standard InChI is InChI=1S/C65H124O6/c1-4-7-10-13-16-19-22-25-27-28-29-30-31-32-33-34-35-36-37-39-40-43-46-49-52-55-58-64(67)70-61-62(60-69-63(66)57-54-51-48-45-42-24-21-18-15-12-9-6-3)71-65(68)59-56-53-50-47-44-41-38-26-23-20-17-14-11-8-5-2/h26,38,62H,4-25,27-37,39-61H2,1-3H3/b38-26-. The Hall–Kier alpha value is -1.85. The second-order valence-electron chi connectivity index (χ2n) is 22.0. The van der Waals surface area contributed by atoms with Crippen molar-refractivity contribution in [2.45, 2.75) is 374 Å². The van der Waals surface area contributed by atoms with Gasteiger partial charge in [-0.25, -0.2) is 0 Å². The topological polar surface area (TPSA) is 78.9 Å². The van der Waals surface area contributed by atoms with E-state index in [9.17, 15) is 14.4 Å². The molecule has 0 aliphatic rings. The Bertz CT molecular complexity index is 1100. The van der Waals surface area contributed by atoms with E-state index in [0.717, 1.165) is 64.2 Å². The number of hydrogen-bond acceptors (Lipinski definition) is 6. The average molecular weight is 1000 g/mol. The highest BCUT2D eigenvalue weighted by atomic mass is 16.6. The maximum atomic E-state index is 12.9. The van der Waals surface area contributed by atoms with Gasteiger partial charge >= 0.3 is 17.9 Å². The van der Waals surface area contributed by atoms with Gasteiger partial charge in [-0.2, -0.15) is 0 Å². The quantitative estimate of drug-likeness (QED) is 0.0261. The second-order valence-corrected chi connectivity index (χ2v) is 22.0. The van der Waals surface area contributed by atoms with E-state index in [1.165, 1.54) is 263 Å². The van der Waals surface area contributed by atoms with E-state index in [-0.39, 0.29) is 31.1 Å². The summed E-state index contributed by atoms with van der Waals surface area (Å²) in [5, 5.41) is 0. The van der Waals surface area contributed by atoms with E-state index in [4.69, 9.17) is 14.2 Å². The van der Waals surface area contributed by atoms with Crippen LogP contribution < -0.4 is 0 Å². The first kappa shape index (κ1) is 69.2. The Labute approximate surface area is 443 Å². The lowest BCUT2D eigenvalue weighted by atomic mass is 10.0. The van der Waals surface area contributed by atoms with E-state index < -0.39 is 6.10 Å². The molecule has 6 nitrogen and oxygen atoms in total. The van der Waals surface area contributed by atoms with E-state index >= 15 is 0 Å². The Morgan fingerprint density at radius 1 is 0.268 bits per heavy atom. The summed E-state index contributed by atoms with van der Waals surface area (Å²) in [5.74, 6) is -0.848. The molecule has 1 unspecified atom stereocenters. The van der Waals surface area contributed by atoms with Crippen LogP contribution in [0.15, 0.2) is 12.2 Å². The molecule has 0 bridgehead atoms. The van der Waals surface area contributed by atoms with Gasteiger partial charge in [0.2, 0.25) is 0 Å². The lowest BCUT2D eigenvalue weighted by molar-refractivity contribution is -0.167. The molecule has 0 heterocycles. The number of unbranched alkanes of at least 4 members (excludes halogenated alkanes) is 47. The lowest BCUT2D eigenvalue weighted by Gasteiger charge is -2.18. The maximum Gasteiger partial charge on any atom is 0.306 e. The first-order valence-corrected chi connectivity index (χ1v) is 32.2. The van der Waals surface area contributed by atoms with Crippen molar-refractivity contribution < 1.29 is 28.6 Å². The summed E-state index contributed by atoms with van der Waals surface area (Å²) in [6, 6.07) is 0. The van der Waals surface area contributed by atoms with Crippen molar-refractivity contribution in [1.82, 2.24) is 0 Å². The molecule has 0 saturated heterocycles. The first-order valence-electron chi connectivity index (χ1n) is 32.2. The second kappa shape index (κ2) is 60.7. The maximum absolute atomic E-state index is 12.9. The molecule has 0 amide bonds. The molecule has 0 aliphatic heterocycles. The van der Waals surface area contributed by atoms with E-state index in [0.29, 0.717) is 19.3 Å². The van der Waals surface area contributed by atoms with Gasteiger partial charge in [0.15, 0.2) is 6.10 Å². The Morgan fingerprint density at radius 3 is 0.704 bits per heavy atom. The first-order chi connectivity index (χ1) is 35.0. The zero-order valence-electron chi connectivity index (χ0n) is 48.3. The summed E-state index contributed by atoms with van der Waals surface area (Å²) < 4.78 is 16.9. The van der Waals surface area contributed by atoms with Gasteiger partial charge in [0.1, 0.15) is 13.2 Å². The van der Waals surface area contributed by atoms with Crippen molar-refractivity contribution in [3.05, 3.63) is 12.2 Å². The zero-order valence-corrected chi connectivity index (χ0v) is 48.3. The Morgan fingerprint density at radius 2 is 0.465 bits per heavy atom. The molecule has 71 heavy (non-hydrogen) atoms. The molecule has 0 aromatic heterocycles. The van der Waals surface area contributed by atoms with Crippen molar-refractivity contribution >= 4 is 17.9 Å². The van der Waals surface area contributed by atoms with Crippen molar-refractivity contribution in [1.29, 1.82) is 0 Å². The highest BCUT2D eigenvalue weighted by Gasteiger charge is 2.19. The molecule has 0 aromatic rings. The highest BCUT2D eigenvalue weighted by molar-refractivity contribution is 5.71. The lowest BCUT2D eigenvalue weighted by Crippen LogP contribution is -2.30. The number of hydrogen-bond donors (Lipinski definition) is 0. The summed E-state index contributed by atoms with van der Waals surface area (Å²) in [6.45, 7) is 6.69. The molecule has 0 radical (unpaired) electrons. The van der Waals surface area contributed by atoms with Crippen LogP contribution in [-0.4, -0.2) is 37.2 Å². The number of rotatable bonds is 60. The monoisotopic (exact) mass is 1000 g/mol. The predicted molar refractivity (Wildman–Crippen MR) is 307 cm³/mol. The molecule has 6 heteroatoms. The molecule has 0 fully saturated rings. The third-order valence-electron chi connectivity index (χ3n) is 14.8. The van der Waals surface area contributed by atoms with Crippen LogP contribution in [-0.2, 0) is 28.6 Å². The summed E-state index contributed by atoms with van der Waals surface area (Å²) in [6.07, 6.45) is 70.9. The number of esters is 3. The van der Waals surface area contributed by atoms with Gasteiger partial charge in [-0.1, -0.05) is 315 Å². The van der Waals surface area contributed by atoms with Gasteiger partial charge in [-0.05, 0) is 44.9 Å². The fourth-order valence-electron chi connectivity index (χ4n) is 9.91. The van der Waals surface area contributed by atoms with Crippen molar-refractivity contribution in [2.24, 2.45) is 0 Å². The average Bonchev–Trinajstić information content (AvgIpc) is 3.37. The molecule has 0 aromatic carbocycles. The van der Waals surface area contributed by atoms with Crippen LogP contribution in [0.4, 0.5) is 0 Å². The molecule has 0 aliphatic carbocycles. The van der Waals surface area contributed by atoms with Crippen LogP contribution in [0, 0.1) is 0 Å². The number of carbonyl (C=O) groups excluding carboxylic acids is 3. The minimum absolute atomic E-state index is 0.0672. The van der Waals surface area contributed by atoms with Gasteiger partial charge < -0.3 is 14.2 Å². The van der Waals surface area contributed by atoms with Crippen LogP contribution in [0.2, 0.25) is 0 Å². The van der Waals surface area contributed by atoms with Crippen LogP contribution in [0.5, 0.6) is 0 Å². The van der Waals surface area contributed by atoms with E-state index in [1.807, 2.05) is 0 Å². The van der Waals surface area contributed by atoms with E-state index in [2.05, 4.69) is 32.9 Å². The summed E-state index contributed by atoms with van der Waals surface area (Å²) in [7, 11) is 0. The van der Waals surface area contributed by atoms with Gasteiger partial charge in [0.25, 0.3) is 0 Å². The molecular weight excluding hydrogens is 877 g/mol. The SMILES string of the molecule is CCCCCCCC/C=C\CCCCCCCC(=O)OC(COC(=O)CCCCCCCCCCCCCC)COC(=O)CCCCCCCCCCCCCCCCCCCCCCCCCCCC. The molecule has 420 valence electrons. The van der Waals surface area contributed by atoms with Crippen molar-refractivity contribution in [2.75, 3.05) is 13.2 Å². The molecule has 0 saturated carbocycles.